The van der Waals surface area contributed by atoms with Crippen molar-refractivity contribution in [2.75, 3.05) is 33.4 Å². The fourth-order valence-corrected chi connectivity index (χ4v) is 4.29. The molecule has 0 unspecified atom stereocenters. The van der Waals surface area contributed by atoms with Crippen molar-refractivity contribution in [2.24, 2.45) is 5.92 Å². The van der Waals surface area contributed by atoms with Gasteiger partial charge in [0.15, 0.2) is 0 Å². The number of rotatable bonds is 6. The van der Waals surface area contributed by atoms with Crippen LogP contribution < -0.4 is 0 Å². The lowest BCUT2D eigenvalue weighted by atomic mass is 9.75. The van der Waals surface area contributed by atoms with Gasteiger partial charge in [-0.2, -0.15) is 0 Å². The standard InChI is InChI=1S/C21H27FN2O4/c1-15-6-5-9-23(14-15)18(25)12-21(16-7-3-4-8-17(16)22)13-19(26)24(20(21)27)10-11-28-2/h3-4,7-8,15H,5-6,9-14H2,1-2H3/t15-,21+/m0/s1. The smallest absolute Gasteiger partial charge is 0.241 e. The molecule has 6 nitrogen and oxygen atoms in total. The van der Waals surface area contributed by atoms with Crippen molar-refractivity contribution in [3.8, 4) is 0 Å². The van der Waals surface area contributed by atoms with E-state index < -0.39 is 23.0 Å². The zero-order chi connectivity index (χ0) is 20.3. The van der Waals surface area contributed by atoms with Crippen LogP contribution >= 0.6 is 0 Å². The molecule has 0 aromatic heterocycles. The molecular weight excluding hydrogens is 363 g/mol. The molecule has 0 N–H and O–H groups in total. The van der Waals surface area contributed by atoms with Gasteiger partial charge in [-0.05, 0) is 24.8 Å². The Bertz CT molecular complexity index is 769. The van der Waals surface area contributed by atoms with E-state index in [0.717, 1.165) is 17.7 Å². The number of hydrogen-bond donors (Lipinski definition) is 0. The molecule has 0 aliphatic carbocycles. The Balaban J connectivity index is 1.95. The van der Waals surface area contributed by atoms with E-state index in [-0.39, 0.29) is 37.5 Å². The number of halogens is 1. The maximum absolute atomic E-state index is 14.7. The first-order valence-corrected chi connectivity index (χ1v) is 9.75. The molecule has 2 fully saturated rings. The Morgan fingerprint density at radius 2 is 2.07 bits per heavy atom. The van der Waals surface area contributed by atoms with Crippen molar-refractivity contribution in [1.29, 1.82) is 0 Å². The minimum Gasteiger partial charge on any atom is -0.383 e. The second-order valence-electron chi connectivity index (χ2n) is 7.85. The summed E-state index contributed by atoms with van der Waals surface area (Å²) >= 11 is 0. The minimum atomic E-state index is -1.49. The number of ether oxygens (including phenoxy) is 1. The monoisotopic (exact) mass is 390 g/mol. The Hall–Kier alpha value is -2.28. The Morgan fingerprint density at radius 1 is 1.32 bits per heavy atom. The highest BCUT2D eigenvalue weighted by Gasteiger charge is 2.55. The van der Waals surface area contributed by atoms with Gasteiger partial charge in [0, 0.05) is 38.6 Å². The quantitative estimate of drug-likeness (QED) is 0.698. The average molecular weight is 390 g/mol. The SMILES string of the molecule is COCCN1C(=O)C[C@](CC(=O)N2CCC[C@H](C)C2)(c2ccccc2F)C1=O. The molecule has 0 spiro atoms. The highest BCUT2D eigenvalue weighted by atomic mass is 19.1. The van der Waals surface area contributed by atoms with Crippen LogP contribution in [0.2, 0.25) is 0 Å². The van der Waals surface area contributed by atoms with Crippen LogP contribution in [-0.2, 0) is 24.5 Å². The van der Waals surface area contributed by atoms with Crippen molar-refractivity contribution in [3.63, 3.8) is 0 Å². The first-order chi connectivity index (χ1) is 13.4. The van der Waals surface area contributed by atoms with E-state index >= 15 is 0 Å². The number of carbonyl (C=O) groups is 3. The zero-order valence-electron chi connectivity index (χ0n) is 16.4. The van der Waals surface area contributed by atoms with Gasteiger partial charge in [0.25, 0.3) is 0 Å². The molecule has 28 heavy (non-hydrogen) atoms. The number of nitrogens with zero attached hydrogens (tertiary/aromatic N) is 2. The van der Waals surface area contributed by atoms with Crippen molar-refractivity contribution >= 4 is 17.7 Å². The third-order valence-corrected chi connectivity index (χ3v) is 5.78. The van der Waals surface area contributed by atoms with Crippen molar-refractivity contribution < 1.29 is 23.5 Å². The molecule has 0 saturated carbocycles. The number of imide groups is 1. The lowest BCUT2D eigenvalue weighted by Gasteiger charge is -2.34. The van der Waals surface area contributed by atoms with E-state index in [1.54, 1.807) is 11.0 Å². The molecule has 2 saturated heterocycles. The normalized spacial score (nSPS) is 25.5. The van der Waals surface area contributed by atoms with E-state index in [1.807, 2.05) is 0 Å². The lowest BCUT2D eigenvalue weighted by Crippen LogP contribution is -2.46. The van der Waals surface area contributed by atoms with Crippen LogP contribution in [0.1, 0.15) is 38.2 Å². The number of benzene rings is 1. The summed E-state index contributed by atoms with van der Waals surface area (Å²) < 4.78 is 19.7. The summed E-state index contributed by atoms with van der Waals surface area (Å²) in [6.45, 7) is 3.64. The van der Waals surface area contributed by atoms with Crippen LogP contribution in [0.4, 0.5) is 4.39 Å². The van der Waals surface area contributed by atoms with Crippen LogP contribution in [0.5, 0.6) is 0 Å². The van der Waals surface area contributed by atoms with E-state index in [9.17, 15) is 18.8 Å². The number of carbonyl (C=O) groups excluding carboxylic acids is 3. The number of hydrogen-bond acceptors (Lipinski definition) is 4. The number of methoxy groups -OCH3 is 1. The highest BCUT2D eigenvalue weighted by molar-refractivity contribution is 6.10. The first-order valence-electron chi connectivity index (χ1n) is 9.75. The zero-order valence-corrected chi connectivity index (χ0v) is 16.4. The van der Waals surface area contributed by atoms with E-state index in [1.165, 1.54) is 25.3 Å². The first kappa shape index (κ1) is 20.5. The summed E-state index contributed by atoms with van der Waals surface area (Å²) in [5, 5.41) is 0. The minimum absolute atomic E-state index is 0.0965. The van der Waals surface area contributed by atoms with Crippen molar-refractivity contribution in [3.05, 3.63) is 35.6 Å². The Morgan fingerprint density at radius 3 is 2.75 bits per heavy atom. The largest absolute Gasteiger partial charge is 0.383 e. The Kier molecular flexibility index (Phi) is 6.13. The molecule has 3 amide bonds. The third-order valence-electron chi connectivity index (χ3n) is 5.78. The van der Waals surface area contributed by atoms with Gasteiger partial charge >= 0.3 is 0 Å². The fraction of sp³-hybridized carbons (Fsp3) is 0.571. The topological polar surface area (TPSA) is 66.9 Å². The summed E-state index contributed by atoms with van der Waals surface area (Å²) in [5.41, 5.74) is -1.37. The summed E-state index contributed by atoms with van der Waals surface area (Å²) in [6.07, 6.45) is 1.57. The van der Waals surface area contributed by atoms with Gasteiger partial charge in [-0.15, -0.1) is 0 Å². The summed E-state index contributed by atoms with van der Waals surface area (Å²) in [7, 11) is 1.48. The summed E-state index contributed by atoms with van der Waals surface area (Å²) in [6, 6.07) is 5.93. The van der Waals surface area contributed by atoms with Gasteiger partial charge in [-0.25, -0.2) is 4.39 Å². The van der Waals surface area contributed by atoms with Gasteiger partial charge in [-0.1, -0.05) is 25.1 Å². The van der Waals surface area contributed by atoms with Gasteiger partial charge in [0.05, 0.1) is 18.6 Å². The van der Waals surface area contributed by atoms with Crippen LogP contribution in [0.15, 0.2) is 24.3 Å². The number of likely N-dealkylation sites (tertiary alicyclic amines) is 2. The highest BCUT2D eigenvalue weighted by Crippen LogP contribution is 2.41. The molecule has 152 valence electrons. The number of piperidine rings is 1. The van der Waals surface area contributed by atoms with Crippen molar-refractivity contribution in [1.82, 2.24) is 9.80 Å². The maximum Gasteiger partial charge on any atom is 0.241 e. The van der Waals surface area contributed by atoms with Crippen molar-refractivity contribution in [2.45, 2.75) is 38.0 Å². The maximum atomic E-state index is 14.7. The van der Waals surface area contributed by atoms with Gasteiger partial charge < -0.3 is 9.64 Å². The molecule has 2 aliphatic heterocycles. The molecule has 1 aromatic carbocycles. The molecule has 2 aliphatic rings. The fourth-order valence-electron chi connectivity index (χ4n) is 4.29. The third kappa shape index (κ3) is 3.81. The molecule has 0 bridgehead atoms. The van der Waals surface area contributed by atoms with E-state index in [0.29, 0.717) is 19.0 Å². The number of amides is 3. The van der Waals surface area contributed by atoms with Crippen LogP contribution in [0.25, 0.3) is 0 Å². The van der Waals surface area contributed by atoms with Gasteiger partial charge in [0.1, 0.15) is 5.82 Å². The molecular formula is C21H27FN2O4. The molecule has 2 heterocycles. The van der Waals surface area contributed by atoms with Crippen LogP contribution in [-0.4, -0.2) is 60.9 Å². The van der Waals surface area contributed by atoms with E-state index in [2.05, 4.69) is 6.92 Å². The Labute approximate surface area is 164 Å². The molecule has 7 heteroatoms. The van der Waals surface area contributed by atoms with Gasteiger partial charge in [0.2, 0.25) is 17.7 Å². The molecule has 1 aromatic rings. The van der Waals surface area contributed by atoms with Crippen LogP contribution in [0.3, 0.4) is 0 Å². The lowest BCUT2D eigenvalue weighted by molar-refractivity contribution is -0.143. The predicted molar refractivity (Wildman–Crippen MR) is 101 cm³/mol. The predicted octanol–water partition coefficient (Wildman–Crippen LogP) is 2.12. The summed E-state index contributed by atoms with van der Waals surface area (Å²) in [5.74, 6) is -1.30. The second kappa shape index (κ2) is 8.39. The second-order valence-corrected chi connectivity index (χ2v) is 7.85. The molecule has 0 radical (unpaired) electrons. The molecule has 3 rings (SSSR count). The molecule has 2 atom stereocenters. The van der Waals surface area contributed by atoms with E-state index in [4.69, 9.17) is 4.74 Å². The summed E-state index contributed by atoms with van der Waals surface area (Å²) in [4.78, 5) is 41.8. The van der Waals surface area contributed by atoms with Crippen LogP contribution in [0, 0.1) is 11.7 Å². The van der Waals surface area contributed by atoms with Gasteiger partial charge in [-0.3, -0.25) is 19.3 Å². The average Bonchev–Trinajstić information content (AvgIpc) is 2.90.